The molecule has 16 rings (SSSR count). The van der Waals surface area contributed by atoms with Crippen molar-refractivity contribution < 1.29 is 0 Å². The second kappa shape index (κ2) is 18.9. The van der Waals surface area contributed by atoms with E-state index in [2.05, 4.69) is 322 Å². The van der Waals surface area contributed by atoms with Crippen LogP contribution in [0.4, 0.5) is 34.1 Å². The van der Waals surface area contributed by atoms with Gasteiger partial charge in [0.1, 0.15) is 0 Å². The molecule has 0 aromatic heterocycles. The summed E-state index contributed by atoms with van der Waals surface area (Å²) in [7, 11) is 0. The molecular formula is C81H62N2. The van der Waals surface area contributed by atoms with E-state index in [0.29, 0.717) is 0 Å². The molecule has 83 heavy (non-hydrogen) atoms. The van der Waals surface area contributed by atoms with Gasteiger partial charge in [-0.2, -0.15) is 0 Å². The van der Waals surface area contributed by atoms with E-state index in [9.17, 15) is 0 Å². The standard InChI is InChI=1S/C81H62N2/c1-54-22-18-30-62(50-54)82(64-32-20-28-60(52-64)80(58-24-6-4-7-25-58)70-36-12-10-34-66(70)67-35-11-13-37-71(67)80)74-47-43-56-42-46-69-75(48-44-57-41-45-68(74)77(56)78(57)69)83(63-31-19-23-55(2)51-63)65-33-21-29-61(53-65)81(59-26-8-5-9-27-59)73-39-15-14-38-72(73)79(3)49-17-16-40-76(79)81/h4-40,42-44,46-53,76H,41,45H2,1-3H3. The van der Waals surface area contributed by atoms with Gasteiger partial charge in [0.25, 0.3) is 0 Å². The van der Waals surface area contributed by atoms with Gasteiger partial charge in [0.05, 0.1) is 16.5 Å². The number of rotatable bonds is 10. The van der Waals surface area contributed by atoms with E-state index in [1.807, 2.05) is 0 Å². The molecule has 396 valence electrons. The molecule has 0 heterocycles. The Morgan fingerprint density at radius 3 is 1.57 bits per heavy atom. The number of allylic oxidation sites excluding steroid dienone is 4. The summed E-state index contributed by atoms with van der Waals surface area (Å²) in [5.41, 5.74) is 24.1. The third kappa shape index (κ3) is 7.15. The van der Waals surface area contributed by atoms with Crippen LogP contribution < -0.4 is 9.80 Å². The second-order valence-electron chi connectivity index (χ2n) is 23.8. The van der Waals surface area contributed by atoms with Crippen LogP contribution in [-0.2, 0) is 29.1 Å². The molecule has 4 aliphatic rings. The van der Waals surface area contributed by atoms with Crippen LogP contribution in [0.3, 0.4) is 0 Å². The molecule has 0 radical (unpaired) electrons. The van der Waals surface area contributed by atoms with Gasteiger partial charge in [-0.1, -0.05) is 237 Å². The van der Waals surface area contributed by atoms with E-state index >= 15 is 0 Å². The van der Waals surface area contributed by atoms with E-state index in [0.717, 1.165) is 35.6 Å². The van der Waals surface area contributed by atoms with Crippen molar-refractivity contribution in [3.8, 4) is 11.1 Å². The van der Waals surface area contributed by atoms with Gasteiger partial charge in [0, 0.05) is 45.2 Å². The van der Waals surface area contributed by atoms with E-state index in [1.54, 1.807) is 0 Å². The molecule has 3 unspecified atom stereocenters. The molecule has 0 bridgehead atoms. The van der Waals surface area contributed by atoms with Crippen molar-refractivity contribution in [2.45, 2.75) is 49.9 Å². The number of hydrogen-bond acceptors (Lipinski definition) is 2. The van der Waals surface area contributed by atoms with Crippen molar-refractivity contribution in [3.63, 3.8) is 0 Å². The molecule has 12 aromatic carbocycles. The first-order valence-corrected chi connectivity index (χ1v) is 29.6. The maximum atomic E-state index is 2.56. The van der Waals surface area contributed by atoms with Crippen LogP contribution in [0.15, 0.2) is 291 Å². The molecule has 0 saturated carbocycles. The first kappa shape index (κ1) is 49.1. The highest BCUT2D eigenvalue weighted by atomic mass is 15.2. The first-order valence-electron chi connectivity index (χ1n) is 29.6. The van der Waals surface area contributed by atoms with E-state index < -0.39 is 10.8 Å². The predicted molar refractivity (Wildman–Crippen MR) is 347 cm³/mol. The lowest BCUT2D eigenvalue weighted by Crippen LogP contribution is -2.40. The molecule has 2 heteroatoms. The molecule has 3 atom stereocenters. The summed E-state index contributed by atoms with van der Waals surface area (Å²) < 4.78 is 0. The summed E-state index contributed by atoms with van der Waals surface area (Å²) >= 11 is 0. The Morgan fingerprint density at radius 1 is 0.386 bits per heavy atom. The third-order valence-electron chi connectivity index (χ3n) is 19.3. The summed E-state index contributed by atoms with van der Waals surface area (Å²) in [6, 6.07) is 101. The minimum absolute atomic E-state index is 0.155. The molecule has 0 saturated heterocycles. The topological polar surface area (TPSA) is 6.48 Å². The van der Waals surface area contributed by atoms with Gasteiger partial charge in [-0.3, -0.25) is 0 Å². The van der Waals surface area contributed by atoms with Crippen molar-refractivity contribution in [1.82, 2.24) is 0 Å². The first-order chi connectivity index (χ1) is 40.9. The fourth-order valence-corrected chi connectivity index (χ4v) is 16.0. The van der Waals surface area contributed by atoms with Gasteiger partial charge >= 0.3 is 0 Å². The summed E-state index contributed by atoms with van der Waals surface area (Å²) in [4.78, 5) is 5.10. The average molecular weight is 1060 g/mol. The van der Waals surface area contributed by atoms with Crippen molar-refractivity contribution in [2.24, 2.45) is 5.92 Å². The normalized spacial score (nSPS) is 18.4. The van der Waals surface area contributed by atoms with E-state index in [-0.39, 0.29) is 11.3 Å². The van der Waals surface area contributed by atoms with Gasteiger partial charge in [-0.05, 0) is 181 Å². The SMILES string of the molecule is Cc1cccc(N(c2cccc(C3(c4ccccc4)c4ccccc4-c4ccccc43)c2)c2ccc3ccc4c(N(c5cccc(C)c5)c5cccc(C6(c7ccccc7)c7ccccc7C7(C)C=CC=CC76)c5)ccc5c4c3c2CC5)c1. The van der Waals surface area contributed by atoms with Crippen LogP contribution >= 0.6 is 0 Å². The van der Waals surface area contributed by atoms with Gasteiger partial charge in [-0.15, -0.1) is 0 Å². The molecule has 0 N–H and O–H groups in total. The van der Waals surface area contributed by atoms with Crippen molar-refractivity contribution >= 4 is 55.7 Å². The molecule has 2 nitrogen and oxygen atoms in total. The maximum absolute atomic E-state index is 2.56. The lowest BCUT2D eigenvalue weighted by atomic mass is 9.60. The maximum Gasteiger partial charge on any atom is 0.0714 e. The Bertz CT molecular complexity index is 4600. The highest BCUT2D eigenvalue weighted by molar-refractivity contribution is 6.17. The molecular weight excluding hydrogens is 1000 g/mol. The number of fused-ring (bicyclic) bond motifs is 6. The number of benzene rings is 12. The van der Waals surface area contributed by atoms with E-state index in [4.69, 9.17) is 0 Å². The van der Waals surface area contributed by atoms with Gasteiger partial charge in [0.2, 0.25) is 0 Å². The Hall–Kier alpha value is -9.76. The number of aryl methyl sites for hydroxylation is 4. The highest BCUT2D eigenvalue weighted by Gasteiger charge is 2.58. The van der Waals surface area contributed by atoms with Crippen LogP contribution in [-0.4, -0.2) is 0 Å². The zero-order valence-corrected chi connectivity index (χ0v) is 47.1. The highest BCUT2D eigenvalue weighted by Crippen LogP contribution is 2.63. The number of hydrogen-bond donors (Lipinski definition) is 0. The molecule has 0 fully saturated rings. The molecule has 0 spiro atoms. The number of nitrogens with zero attached hydrogens (tertiary/aromatic N) is 2. The van der Waals surface area contributed by atoms with Crippen molar-refractivity contribution in [3.05, 3.63) is 358 Å². The fraction of sp³-hybridized carbons (Fsp3) is 0.111. The zero-order valence-electron chi connectivity index (χ0n) is 47.1. The lowest BCUT2D eigenvalue weighted by molar-refractivity contribution is 0.366. The van der Waals surface area contributed by atoms with Crippen molar-refractivity contribution in [2.75, 3.05) is 9.80 Å². The largest absolute Gasteiger partial charge is 0.310 e. The quantitative estimate of drug-likeness (QED) is 0.126. The minimum atomic E-state index is -0.529. The molecule has 4 aliphatic carbocycles. The van der Waals surface area contributed by atoms with Gasteiger partial charge < -0.3 is 9.80 Å². The Kier molecular flexibility index (Phi) is 11.2. The summed E-state index contributed by atoms with van der Waals surface area (Å²) in [5.74, 6) is 0.155. The lowest BCUT2D eigenvalue weighted by Gasteiger charge is -2.42. The zero-order chi connectivity index (χ0) is 55.4. The van der Waals surface area contributed by atoms with Gasteiger partial charge in [-0.25, -0.2) is 0 Å². The Morgan fingerprint density at radius 2 is 0.904 bits per heavy atom. The summed E-state index contributed by atoms with van der Waals surface area (Å²) in [5, 5.41) is 5.21. The number of anilines is 6. The van der Waals surface area contributed by atoms with Crippen LogP contribution in [0.1, 0.15) is 73.7 Å². The van der Waals surface area contributed by atoms with Crippen LogP contribution in [0, 0.1) is 19.8 Å². The summed E-state index contributed by atoms with van der Waals surface area (Å²) in [6.07, 6.45) is 11.3. The minimum Gasteiger partial charge on any atom is -0.310 e. The molecule has 0 amide bonds. The Balaban J connectivity index is 0.904. The second-order valence-corrected chi connectivity index (χ2v) is 23.8. The van der Waals surface area contributed by atoms with E-state index in [1.165, 1.54) is 111 Å². The Labute approximate surface area is 487 Å². The average Bonchev–Trinajstić information content (AvgIpc) is 1.66. The van der Waals surface area contributed by atoms with Gasteiger partial charge in [0.15, 0.2) is 0 Å². The molecule has 0 aliphatic heterocycles. The molecule has 12 aromatic rings. The monoisotopic (exact) mass is 1060 g/mol. The summed E-state index contributed by atoms with van der Waals surface area (Å²) in [6.45, 7) is 6.87. The predicted octanol–water partition coefficient (Wildman–Crippen LogP) is 20.4. The third-order valence-corrected chi connectivity index (χ3v) is 19.3. The van der Waals surface area contributed by atoms with Crippen LogP contribution in [0.5, 0.6) is 0 Å². The van der Waals surface area contributed by atoms with Crippen LogP contribution in [0.25, 0.3) is 32.7 Å². The van der Waals surface area contributed by atoms with Crippen LogP contribution in [0.2, 0.25) is 0 Å². The smallest absolute Gasteiger partial charge is 0.0714 e. The van der Waals surface area contributed by atoms with Crippen molar-refractivity contribution in [1.29, 1.82) is 0 Å². The fourth-order valence-electron chi connectivity index (χ4n) is 16.0.